The second-order valence-electron chi connectivity index (χ2n) is 11.5. The van der Waals surface area contributed by atoms with E-state index in [1.165, 1.54) is 7.11 Å². The summed E-state index contributed by atoms with van der Waals surface area (Å²) in [5.74, 6) is -0.391. The summed E-state index contributed by atoms with van der Waals surface area (Å²) in [6.07, 6.45) is 18.0. The highest BCUT2D eigenvalue weighted by molar-refractivity contribution is 5.90. The predicted molar refractivity (Wildman–Crippen MR) is 169 cm³/mol. The molecule has 2 aromatic heterocycles. The van der Waals surface area contributed by atoms with E-state index in [1.54, 1.807) is 6.07 Å². The quantitative estimate of drug-likeness (QED) is 0.215. The van der Waals surface area contributed by atoms with Gasteiger partial charge in [0.2, 0.25) is 17.1 Å². The molecule has 234 valence electrons. The summed E-state index contributed by atoms with van der Waals surface area (Å²) in [4.78, 5) is 8.56. The number of rotatable bonds is 9. The minimum absolute atomic E-state index is 0.0223. The topological polar surface area (TPSA) is 125 Å². The summed E-state index contributed by atoms with van der Waals surface area (Å²) in [6, 6.07) is 9.89. The molecule has 0 aliphatic carbocycles. The molecule has 6 heterocycles. The van der Waals surface area contributed by atoms with Crippen molar-refractivity contribution in [3.63, 3.8) is 0 Å². The molecule has 2 atom stereocenters. The van der Waals surface area contributed by atoms with Crippen LogP contribution in [0.5, 0.6) is 0 Å². The van der Waals surface area contributed by atoms with Crippen LogP contribution in [-0.2, 0) is 17.8 Å². The molecule has 11 heteroatoms. The number of nitrogens with zero attached hydrogens (tertiary/aromatic N) is 6. The molecule has 4 aliphatic rings. The Morgan fingerprint density at radius 1 is 0.956 bits per heavy atom. The van der Waals surface area contributed by atoms with Crippen LogP contribution in [-0.4, -0.2) is 84.6 Å². The molecular weight excluding hydrogens is 570 g/mol. The highest BCUT2D eigenvalue weighted by Crippen LogP contribution is 2.23. The zero-order valence-corrected chi connectivity index (χ0v) is 25.4. The molecule has 0 amide bonds. The number of hydrogen-bond acceptors (Lipinski definition) is 8. The fourth-order valence-electron chi connectivity index (χ4n) is 6.02. The average Bonchev–Trinajstić information content (AvgIpc) is 3.07. The van der Waals surface area contributed by atoms with Crippen molar-refractivity contribution in [3.05, 3.63) is 125 Å². The fourth-order valence-corrected chi connectivity index (χ4v) is 6.02. The number of aliphatic hydroxyl groups excluding tert-OH is 2. The number of hydrogen-bond donors (Lipinski definition) is 3. The SMILES string of the molecule is COCC(O)CN=C([O-])c1ccc2[n+](c1)C(=C1C=CC=CN1)CN(CC(O)CN1CC(=C3C=CC=C[N-]3)[n+]3ccccc3C1)C2. The van der Waals surface area contributed by atoms with Gasteiger partial charge < -0.3 is 30.7 Å². The Kier molecular flexibility index (Phi) is 9.63. The Balaban J connectivity index is 1.19. The Hall–Kier alpha value is -4.39. The molecule has 0 spiro atoms. The Morgan fingerprint density at radius 3 is 2.47 bits per heavy atom. The maximum Gasteiger partial charge on any atom is 0.224 e. The lowest BCUT2D eigenvalue weighted by Crippen LogP contribution is -2.54. The fraction of sp³-hybridized carbons (Fsp3) is 0.324. The molecule has 0 aromatic carbocycles. The second-order valence-corrected chi connectivity index (χ2v) is 11.5. The van der Waals surface area contributed by atoms with Crippen LogP contribution in [0.2, 0.25) is 0 Å². The van der Waals surface area contributed by atoms with E-state index < -0.39 is 18.1 Å². The number of β-amino-alcohol motifs (C(OH)–C–C–N with tert-alkyl or cyclic N) is 1. The largest absolute Gasteiger partial charge is 0.858 e. The Bertz CT molecular complexity index is 1620. The highest BCUT2D eigenvalue weighted by Gasteiger charge is 2.33. The van der Waals surface area contributed by atoms with E-state index in [2.05, 4.69) is 42.3 Å². The van der Waals surface area contributed by atoms with Crippen molar-refractivity contribution in [2.75, 3.05) is 46.4 Å². The molecule has 0 saturated carbocycles. The third-order valence-corrected chi connectivity index (χ3v) is 8.05. The van der Waals surface area contributed by atoms with Crippen molar-refractivity contribution < 1.29 is 29.2 Å². The number of ether oxygens (including phenoxy) is 1. The number of aromatic nitrogens is 2. The first-order valence-corrected chi connectivity index (χ1v) is 15.1. The third-order valence-electron chi connectivity index (χ3n) is 8.05. The molecular formula is C34H39N7O4. The van der Waals surface area contributed by atoms with Crippen LogP contribution < -0.4 is 19.6 Å². The maximum atomic E-state index is 12.9. The van der Waals surface area contributed by atoms with E-state index in [-0.39, 0.29) is 13.2 Å². The van der Waals surface area contributed by atoms with Gasteiger partial charge >= 0.3 is 0 Å². The minimum atomic E-state index is -0.830. The summed E-state index contributed by atoms with van der Waals surface area (Å²) >= 11 is 0. The van der Waals surface area contributed by atoms with Crippen LogP contribution >= 0.6 is 0 Å². The standard InChI is InChI=1S/C34H39N7O4/c1-45-24-28(42)16-37-34(44)25-11-12-27-19-39(23-33(41(27)17-25)31-10-3-6-14-36-31)21-29(43)20-38-18-26-8-4-7-15-40(26)32(22-38)30-9-2-5-13-35-30/h2-15,17,28-29,36,42-43H,16,18-24H2,1H3. The molecule has 11 nitrogen and oxygen atoms in total. The molecule has 0 saturated heterocycles. The number of pyridine rings is 2. The molecule has 0 radical (unpaired) electrons. The number of dihydropyridines is 1. The second kappa shape index (κ2) is 14.1. The van der Waals surface area contributed by atoms with Crippen molar-refractivity contribution in [1.29, 1.82) is 0 Å². The first kappa shape index (κ1) is 30.6. The van der Waals surface area contributed by atoms with E-state index in [1.807, 2.05) is 77.8 Å². The number of methoxy groups -OCH3 is 1. The van der Waals surface area contributed by atoms with Gasteiger partial charge in [-0.05, 0) is 24.1 Å². The average molecular weight is 610 g/mol. The highest BCUT2D eigenvalue weighted by atomic mass is 16.5. The molecule has 4 aliphatic heterocycles. The molecule has 45 heavy (non-hydrogen) atoms. The van der Waals surface area contributed by atoms with Crippen molar-refractivity contribution in [1.82, 2.24) is 15.1 Å². The summed E-state index contributed by atoms with van der Waals surface area (Å²) in [5.41, 5.74) is 6.48. The zero-order chi connectivity index (χ0) is 31.2. The van der Waals surface area contributed by atoms with Crippen LogP contribution in [0.25, 0.3) is 16.7 Å². The van der Waals surface area contributed by atoms with Gasteiger partial charge in [0.05, 0.1) is 51.5 Å². The van der Waals surface area contributed by atoms with Crippen molar-refractivity contribution in [3.8, 4) is 0 Å². The van der Waals surface area contributed by atoms with Gasteiger partial charge in [-0.3, -0.25) is 14.8 Å². The number of nitrogens with one attached hydrogen (secondary N) is 1. The van der Waals surface area contributed by atoms with Gasteiger partial charge in [-0.15, -0.1) is 0 Å². The zero-order valence-electron chi connectivity index (χ0n) is 25.4. The molecule has 2 unspecified atom stereocenters. The van der Waals surface area contributed by atoms with E-state index in [4.69, 9.17) is 4.74 Å². The van der Waals surface area contributed by atoms with Crippen LogP contribution in [0.1, 0.15) is 17.0 Å². The number of aliphatic imine (C=N–C) groups is 1. The van der Waals surface area contributed by atoms with Crippen LogP contribution in [0.3, 0.4) is 0 Å². The van der Waals surface area contributed by atoms with E-state index in [0.717, 1.165) is 40.7 Å². The van der Waals surface area contributed by atoms with Crippen LogP contribution in [0, 0.1) is 0 Å². The van der Waals surface area contributed by atoms with Gasteiger partial charge in [-0.25, -0.2) is 0 Å². The van der Waals surface area contributed by atoms with Crippen molar-refractivity contribution in [2.24, 2.45) is 4.99 Å². The Morgan fingerprint density at radius 2 is 1.73 bits per heavy atom. The molecule has 0 bridgehead atoms. The normalized spacial score (nSPS) is 22.9. The molecule has 2 aromatic rings. The lowest BCUT2D eigenvalue weighted by atomic mass is 10.1. The minimum Gasteiger partial charge on any atom is -0.858 e. The number of fused-ring (bicyclic) bond motifs is 2. The first-order chi connectivity index (χ1) is 22.0. The van der Waals surface area contributed by atoms with Gasteiger partial charge in [-0.1, -0.05) is 36.1 Å². The number of aliphatic hydroxyl groups is 2. The van der Waals surface area contributed by atoms with Gasteiger partial charge in [-0.2, -0.15) is 15.3 Å². The Labute approximate surface area is 263 Å². The van der Waals surface area contributed by atoms with Crippen LogP contribution in [0.15, 0.2) is 108 Å². The maximum absolute atomic E-state index is 12.9. The molecule has 6 rings (SSSR count). The molecule has 0 fully saturated rings. The lowest BCUT2D eigenvalue weighted by Gasteiger charge is -2.33. The van der Waals surface area contributed by atoms with Crippen LogP contribution in [0.4, 0.5) is 0 Å². The lowest BCUT2D eigenvalue weighted by molar-refractivity contribution is -0.600. The monoisotopic (exact) mass is 609 g/mol. The van der Waals surface area contributed by atoms with Gasteiger partial charge in [0.15, 0.2) is 18.1 Å². The van der Waals surface area contributed by atoms with E-state index in [0.29, 0.717) is 38.3 Å². The van der Waals surface area contributed by atoms with E-state index in [9.17, 15) is 15.3 Å². The third kappa shape index (κ3) is 7.30. The predicted octanol–water partition coefficient (Wildman–Crippen LogP) is 0.536. The van der Waals surface area contributed by atoms with Crippen molar-refractivity contribution >= 4 is 17.3 Å². The number of allylic oxidation sites excluding steroid dienone is 6. The van der Waals surface area contributed by atoms with Gasteiger partial charge in [0.25, 0.3) is 0 Å². The summed E-state index contributed by atoms with van der Waals surface area (Å²) in [6.45, 7) is 3.67. The summed E-state index contributed by atoms with van der Waals surface area (Å²) < 4.78 is 9.18. The van der Waals surface area contributed by atoms with Crippen molar-refractivity contribution in [2.45, 2.75) is 25.3 Å². The van der Waals surface area contributed by atoms with Gasteiger partial charge in [0.1, 0.15) is 5.70 Å². The smallest absolute Gasteiger partial charge is 0.224 e. The molecule has 3 N–H and O–H groups in total. The summed E-state index contributed by atoms with van der Waals surface area (Å²) in [7, 11) is 1.50. The summed E-state index contributed by atoms with van der Waals surface area (Å²) in [5, 5.41) is 42.1. The van der Waals surface area contributed by atoms with E-state index >= 15 is 0 Å². The first-order valence-electron chi connectivity index (χ1n) is 15.1. The van der Waals surface area contributed by atoms with Gasteiger partial charge in [0, 0.05) is 50.2 Å².